The highest BCUT2D eigenvalue weighted by molar-refractivity contribution is 7.90. The van der Waals surface area contributed by atoms with E-state index in [-0.39, 0.29) is 17.0 Å². The molecule has 0 saturated carbocycles. The lowest BCUT2D eigenvalue weighted by molar-refractivity contribution is -0.143. The van der Waals surface area contributed by atoms with Crippen molar-refractivity contribution in [1.82, 2.24) is 5.32 Å². The Morgan fingerprint density at radius 1 is 1.28 bits per heavy atom. The number of hydrogen-bond acceptors (Lipinski definition) is 7. The summed E-state index contributed by atoms with van der Waals surface area (Å²) in [7, 11) is -2.20. The topological polar surface area (TPSA) is 125 Å². The average Bonchev–Trinajstić information content (AvgIpc) is 2.44. The summed E-state index contributed by atoms with van der Waals surface area (Å²) in [6.45, 7) is 5.09. The molecule has 0 spiro atoms. The molecule has 0 radical (unpaired) electrons. The highest BCUT2D eigenvalue weighted by atomic mass is 32.2. The summed E-state index contributed by atoms with van der Waals surface area (Å²) in [5, 5.41) is 2.44. The van der Waals surface area contributed by atoms with Gasteiger partial charge in [-0.05, 0) is 38.5 Å². The van der Waals surface area contributed by atoms with Crippen molar-refractivity contribution in [2.75, 3.05) is 19.1 Å². The van der Waals surface area contributed by atoms with Crippen molar-refractivity contribution in [2.24, 2.45) is 0 Å². The second-order valence-electron chi connectivity index (χ2n) is 6.56. The summed E-state index contributed by atoms with van der Waals surface area (Å²) < 4.78 is 32.9. The van der Waals surface area contributed by atoms with Gasteiger partial charge in [0.15, 0.2) is 9.84 Å². The molecule has 8 nitrogen and oxygen atoms in total. The van der Waals surface area contributed by atoms with Crippen molar-refractivity contribution in [1.29, 1.82) is 0 Å². The molecule has 140 valence electrons. The van der Waals surface area contributed by atoms with Gasteiger partial charge in [0.25, 0.3) is 0 Å². The van der Waals surface area contributed by atoms with Gasteiger partial charge in [0.2, 0.25) is 0 Å². The molecule has 0 fully saturated rings. The first-order valence-electron chi connectivity index (χ1n) is 7.49. The van der Waals surface area contributed by atoms with Crippen LogP contribution < -0.4 is 11.1 Å². The zero-order valence-electron chi connectivity index (χ0n) is 15.0. The molecule has 1 aromatic carbocycles. The Kier molecular flexibility index (Phi) is 6.42. The normalized spacial score (nSPS) is 13.0. The minimum absolute atomic E-state index is 0.0296. The van der Waals surface area contributed by atoms with E-state index in [1.165, 1.54) is 25.3 Å². The van der Waals surface area contributed by atoms with Crippen LogP contribution in [0.4, 0.5) is 10.5 Å². The first-order chi connectivity index (χ1) is 11.3. The molecule has 9 heteroatoms. The van der Waals surface area contributed by atoms with Crippen LogP contribution in [0.5, 0.6) is 0 Å². The number of benzene rings is 1. The van der Waals surface area contributed by atoms with Crippen molar-refractivity contribution in [3.8, 4) is 0 Å². The maximum absolute atomic E-state index is 11.9. The van der Waals surface area contributed by atoms with Gasteiger partial charge in [0, 0.05) is 18.4 Å². The number of carbonyl (C=O) groups excluding carboxylic acids is 2. The molecular weight excluding hydrogens is 348 g/mol. The molecule has 3 N–H and O–H groups in total. The van der Waals surface area contributed by atoms with Gasteiger partial charge < -0.3 is 20.5 Å². The molecule has 1 rings (SSSR count). The molecule has 1 amide bonds. The first kappa shape index (κ1) is 20.8. The monoisotopic (exact) mass is 372 g/mol. The Bertz CT molecular complexity index is 752. The number of rotatable bonds is 5. The Labute approximate surface area is 147 Å². The standard InChI is InChI=1S/C16H24N2O6S/c1-16(2,3)24-15(20)18-13(14(19)23-4)8-10-6-7-11(9-12(10)17)25(5,21)22/h6-7,9,13H,8,17H2,1-5H3,(H,18,20)/t13-/m1/s1. The van der Waals surface area contributed by atoms with E-state index in [4.69, 9.17) is 10.5 Å². The zero-order chi connectivity index (χ0) is 19.4. The fourth-order valence-corrected chi connectivity index (χ4v) is 2.65. The zero-order valence-corrected chi connectivity index (χ0v) is 15.8. The number of methoxy groups -OCH3 is 1. The van der Waals surface area contributed by atoms with Crippen LogP contribution in [0.25, 0.3) is 0 Å². The van der Waals surface area contributed by atoms with Crippen molar-refractivity contribution >= 4 is 27.6 Å². The van der Waals surface area contributed by atoms with E-state index in [1.54, 1.807) is 20.8 Å². The summed E-state index contributed by atoms with van der Waals surface area (Å²) in [6.07, 6.45) is 0.333. The molecule has 1 aromatic rings. The van der Waals surface area contributed by atoms with Gasteiger partial charge in [-0.25, -0.2) is 18.0 Å². The number of hydrogen-bond donors (Lipinski definition) is 2. The number of anilines is 1. The molecule has 0 aromatic heterocycles. The maximum Gasteiger partial charge on any atom is 0.408 e. The molecule has 25 heavy (non-hydrogen) atoms. The fraction of sp³-hybridized carbons (Fsp3) is 0.500. The third-order valence-electron chi connectivity index (χ3n) is 3.15. The van der Waals surface area contributed by atoms with E-state index in [0.717, 1.165) is 6.26 Å². The quantitative estimate of drug-likeness (QED) is 0.589. The molecule has 0 unspecified atom stereocenters. The number of nitrogen functional groups attached to an aromatic ring is 1. The van der Waals surface area contributed by atoms with Crippen LogP contribution >= 0.6 is 0 Å². The molecule has 0 aliphatic heterocycles. The van der Waals surface area contributed by atoms with Crippen molar-refractivity contribution < 1.29 is 27.5 Å². The third kappa shape index (κ3) is 6.61. The highest BCUT2D eigenvalue weighted by Crippen LogP contribution is 2.20. The van der Waals surface area contributed by atoms with Crippen LogP contribution in [0, 0.1) is 0 Å². The van der Waals surface area contributed by atoms with Crippen LogP contribution in [0.2, 0.25) is 0 Å². The molecule has 0 bridgehead atoms. The molecule has 1 atom stereocenters. The molecule has 0 aliphatic carbocycles. The largest absolute Gasteiger partial charge is 0.467 e. The lowest BCUT2D eigenvalue weighted by Crippen LogP contribution is -2.45. The van der Waals surface area contributed by atoms with Crippen molar-refractivity contribution in [3.05, 3.63) is 23.8 Å². The number of carbonyl (C=O) groups is 2. The van der Waals surface area contributed by atoms with Crippen LogP contribution in [0.15, 0.2) is 23.1 Å². The Morgan fingerprint density at radius 3 is 2.32 bits per heavy atom. The summed E-state index contributed by atoms with van der Waals surface area (Å²) in [5.74, 6) is -0.669. The van der Waals surface area contributed by atoms with Crippen LogP contribution in [-0.2, 0) is 30.5 Å². The highest BCUT2D eigenvalue weighted by Gasteiger charge is 2.26. The van der Waals surface area contributed by atoms with Gasteiger partial charge in [-0.3, -0.25) is 0 Å². The van der Waals surface area contributed by atoms with E-state index in [9.17, 15) is 18.0 Å². The van der Waals surface area contributed by atoms with E-state index in [2.05, 4.69) is 10.1 Å². The molecule has 0 aliphatic rings. The van der Waals surface area contributed by atoms with Gasteiger partial charge in [-0.1, -0.05) is 6.07 Å². The van der Waals surface area contributed by atoms with Crippen LogP contribution in [0.1, 0.15) is 26.3 Å². The number of ether oxygens (including phenoxy) is 2. The number of nitrogens with one attached hydrogen (secondary N) is 1. The third-order valence-corrected chi connectivity index (χ3v) is 4.26. The predicted octanol–water partition coefficient (Wildman–Crippen LogP) is 1.28. The minimum Gasteiger partial charge on any atom is -0.467 e. The molecule has 0 heterocycles. The fourth-order valence-electron chi connectivity index (χ4n) is 1.99. The Morgan fingerprint density at radius 2 is 1.88 bits per heavy atom. The van der Waals surface area contributed by atoms with Gasteiger partial charge >= 0.3 is 12.1 Å². The van der Waals surface area contributed by atoms with Crippen molar-refractivity contribution in [2.45, 2.75) is 43.7 Å². The smallest absolute Gasteiger partial charge is 0.408 e. The van der Waals surface area contributed by atoms with Gasteiger partial charge in [0.05, 0.1) is 12.0 Å². The number of sulfone groups is 1. The van der Waals surface area contributed by atoms with E-state index < -0.39 is 33.5 Å². The molecule has 0 saturated heterocycles. The van der Waals surface area contributed by atoms with Crippen LogP contribution in [-0.4, -0.2) is 45.5 Å². The summed E-state index contributed by atoms with van der Waals surface area (Å²) in [5.41, 5.74) is 5.85. The first-order valence-corrected chi connectivity index (χ1v) is 9.38. The average molecular weight is 372 g/mol. The van der Waals surface area contributed by atoms with Gasteiger partial charge in [0.1, 0.15) is 11.6 Å². The SMILES string of the molecule is COC(=O)[C@@H](Cc1ccc(S(C)(=O)=O)cc1N)NC(=O)OC(C)(C)C. The number of nitrogens with two attached hydrogens (primary N) is 1. The van der Waals surface area contributed by atoms with E-state index in [0.29, 0.717) is 5.56 Å². The van der Waals surface area contributed by atoms with E-state index in [1.807, 2.05) is 0 Å². The number of alkyl carbamates (subject to hydrolysis) is 1. The second-order valence-corrected chi connectivity index (χ2v) is 8.57. The summed E-state index contributed by atoms with van der Waals surface area (Å²) in [4.78, 5) is 23.9. The van der Waals surface area contributed by atoms with E-state index >= 15 is 0 Å². The maximum atomic E-state index is 11.9. The lowest BCUT2D eigenvalue weighted by atomic mass is 10.0. The summed E-state index contributed by atoms with van der Waals surface area (Å²) in [6, 6.07) is 3.18. The van der Waals surface area contributed by atoms with Crippen LogP contribution in [0.3, 0.4) is 0 Å². The van der Waals surface area contributed by atoms with Crippen molar-refractivity contribution in [3.63, 3.8) is 0 Å². The van der Waals surface area contributed by atoms with Gasteiger partial charge in [-0.2, -0.15) is 0 Å². The lowest BCUT2D eigenvalue weighted by Gasteiger charge is -2.23. The van der Waals surface area contributed by atoms with Gasteiger partial charge in [-0.15, -0.1) is 0 Å². The minimum atomic E-state index is -3.39. The second kappa shape index (κ2) is 7.73. The predicted molar refractivity (Wildman–Crippen MR) is 92.8 cm³/mol. The Balaban J connectivity index is 3.00. The molecular formula is C16H24N2O6S. The number of esters is 1. The number of amides is 1. The summed E-state index contributed by atoms with van der Waals surface area (Å²) >= 11 is 0. The Hall–Kier alpha value is -2.29.